The number of nitrogens with one attached hydrogen (secondary N) is 2. The van der Waals surface area contributed by atoms with Crippen molar-refractivity contribution in [1.82, 2.24) is 15.5 Å². The third-order valence-corrected chi connectivity index (χ3v) is 4.48. The molecule has 0 aliphatic carbocycles. The van der Waals surface area contributed by atoms with Crippen LogP contribution >= 0.6 is 0 Å². The highest BCUT2D eigenvalue weighted by molar-refractivity contribution is 5.77. The number of carbonyl (C=O) groups is 2. The minimum Gasteiger partial charge on any atom is -0.497 e. The molecular formula is C19H29N3O3. The topological polar surface area (TPSA) is 70.7 Å². The summed E-state index contributed by atoms with van der Waals surface area (Å²) >= 11 is 0. The van der Waals surface area contributed by atoms with E-state index in [1.165, 1.54) is 0 Å². The maximum atomic E-state index is 12.4. The molecule has 1 aliphatic heterocycles. The maximum Gasteiger partial charge on any atom is 0.315 e. The van der Waals surface area contributed by atoms with Gasteiger partial charge in [-0.25, -0.2) is 4.79 Å². The molecule has 0 radical (unpaired) electrons. The molecule has 1 aliphatic rings. The van der Waals surface area contributed by atoms with Gasteiger partial charge < -0.3 is 20.3 Å². The molecule has 1 aromatic rings. The van der Waals surface area contributed by atoms with Crippen LogP contribution in [0.15, 0.2) is 24.3 Å². The zero-order valence-electron chi connectivity index (χ0n) is 15.2. The number of piperidine rings is 1. The average molecular weight is 347 g/mol. The van der Waals surface area contributed by atoms with Gasteiger partial charge >= 0.3 is 6.03 Å². The highest BCUT2D eigenvalue weighted by atomic mass is 16.5. The molecule has 1 fully saturated rings. The molecule has 0 bridgehead atoms. The second-order valence-electron chi connectivity index (χ2n) is 6.41. The van der Waals surface area contributed by atoms with E-state index in [0.717, 1.165) is 30.6 Å². The van der Waals surface area contributed by atoms with Gasteiger partial charge in [0.25, 0.3) is 0 Å². The largest absolute Gasteiger partial charge is 0.497 e. The van der Waals surface area contributed by atoms with Gasteiger partial charge in [0.05, 0.1) is 7.11 Å². The van der Waals surface area contributed by atoms with Crippen LogP contribution in [0.4, 0.5) is 4.79 Å². The van der Waals surface area contributed by atoms with Gasteiger partial charge in [0.15, 0.2) is 0 Å². The number of aryl methyl sites for hydroxylation is 1. The molecule has 0 spiro atoms. The van der Waals surface area contributed by atoms with Crippen molar-refractivity contribution < 1.29 is 14.3 Å². The van der Waals surface area contributed by atoms with Crippen LogP contribution in [0, 0.1) is 0 Å². The Balaban J connectivity index is 1.71. The number of hydrogen-bond acceptors (Lipinski definition) is 3. The lowest BCUT2D eigenvalue weighted by molar-refractivity contribution is -0.132. The number of hydrogen-bond donors (Lipinski definition) is 2. The fourth-order valence-electron chi connectivity index (χ4n) is 2.99. The monoisotopic (exact) mass is 347 g/mol. The Bertz CT molecular complexity index is 569. The van der Waals surface area contributed by atoms with Crippen molar-refractivity contribution in [3.8, 4) is 5.75 Å². The number of likely N-dealkylation sites (tertiary alicyclic amines) is 1. The molecule has 138 valence electrons. The lowest BCUT2D eigenvalue weighted by Crippen LogP contribution is -2.49. The normalized spacial score (nSPS) is 14.9. The van der Waals surface area contributed by atoms with Crippen molar-refractivity contribution in [3.05, 3.63) is 29.8 Å². The summed E-state index contributed by atoms with van der Waals surface area (Å²) in [5.74, 6) is 0.995. The van der Waals surface area contributed by atoms with Crippen LogP contribution < -0.4 is 15.4 Å². The van der Waals surface area contributed by atoms with Crippen molar-refractivity contribution in [2.45, 2.75) is 45.1 Å². The first-order valence-electron chi connectivity index (χ1n) is 9.07. The predicted octanol–water partition coefficient (Wildman–Crippen LogP) is 2.33. The van der Waals surface area contributed by atoms with Crippen LogP contribution in [0.3, 0.4) is 0 Å². The Morgan fingerprint density at radius 3 is 2.72 bits per heavy atom. The smallest absolute Gasteiger partial charge is 0.315 e. The quantitative estimate of drug-likeness (QED) is 0.795. The van der Waals surface area contributed by atoms with E-state index in [0.29, 0.717) is 32.5 Å². The summed E-state index contributed by atoms with van der Waals surface area (Å²) in [5.41, 5.74) is 1.11. The van der Waals surface area contributed by atoms with E-state index in [9.17, 15) is 9.59 Å². The average Bonchev–Trinajstić information content (AvgIpc) is 2.65. The summed E-state index contributed by atoms with van der Waals surface area (Å²) in [6, 6.07) is 7.88. The SMILES string of the molecule is CCCNC(=O)NC1CCN(C(=O)CCc2cccc(OC)c2)CC1. The highest BCUT2D eigenvalue weighted by Crippen LogP contribution is 2.16. The van der Waals surface area contributed by atoms with E-state index < -0.39 is 0 Å². The summed E-state index contributed by atoms with van der Waals surface area (Å²) in [6.07, 6.45) is 3.76. The first-order chi connectivity index (χ1) is 12.1. The van der Waals surface area contributed by atoms with E-state index in [-0.39, 0.29) is 18.0 Å². The molecule has 3 amide bonds. The van der Waals surface area contributed by atoms with Crippen molar-refractivity contribution in [2.75, 3.05) is 26.7 Å². The summed E-state index contributed by atoms with van der Waals surface area (Å²) < 4.78 is 5.21. The number of rotatable bonds is 7. The first-order valence-corrected chi connectivity index (χ1v) is 9.07. The summed E-state index contributed by atoms with van der Waals surface area (Å²) in [6.45, 7) is 4.12. The second-order valence-corrected chi connectivity index (χ2v) is 6.41. The Hall–Kier alpha value is -2.24. The van der Waals surface area contributed by atoms with Gasteiger partial charge in [-0.15, -0.1) is 0 Å². The number of nitrogens with zero attached hydrogens (tertiary/aromatic N) is 1. The van der Waals surface area contributed by atoms with E-state index in [1.807, 2.05) is 36.1 Å². The van der Waals surface area contributed by atoms with Gasteiger partial charge in [-0.3, -0.25) is 4.79 Å². The maximum absolute atomic E-state index is 12.4. The molecule has 25 heavy (non-hydrogen) atoms. The fourth-order valence-corrected chi connectivity index (χ4v) is 2.99. The van der Waals surface area contributed by atoms with Gasteiger partial charge in [-0.2, -0.15) is 0 Å². The molecule has 0 aromatic heterocycles. The van der Waals surface area contributed by atoms with Gasteiger partial charge in [-0.1, -0.05) is 19.1 Å². The number of ether oxygens (including phenoxy) is 1. The Kier molecular flexibility index (Phi) is 7.57. The molecule has 1 heterocycles. The summed E-state index contributed by atoms with van der Waals surface area (Å²) in [4.78, 5) is 26.0. The van der Waals surface area contributed by atoms with E-state index in [2.05, 4.69) is 10.6 Å². The Morgan fingerprint density at radius 2 is 2.04 bits per heavy atom. The van der Waals surface area contributed by atoms with Crippen molar-refractivity contribution in [2.24, 2.45) is 0 Å². The molecule has 2 rings (SSSR count). The van der Waals surface area contributed by atoms with E-state index in [4.69, 9.17) is 4.74 Å². The molecule has 0 atom stereocenters. The number of benzene rings is 1. The number of amides is 3. The number of carbonyl (C=O) groups excluding carboxylic acids is 2. The zero-order valence-corrected chi connectivity index (χ0v) is 15.2. The van der Waals surface area contributed by atoms with Gasteiger partial charge in [-0.05, 0) is 43.4 Å². The first kappa shape index (κ1) is 19.1. The van der Waals surface area contributed by atoms with Crippen molar-refractivity contribution in [1.29, 1.82) is 0 Å². The number of methoxy groups -OCH3 is 1. The molecule has 1 saturated heterocycles. The molecule has 0 unspecified atom stereocenters. The third-order valence-electron chi connectivity index (χ3n) is 4.48. The molecule has 0 saturated carbocycles. The summed E-state index contributed by atoms with van der Waals surface area (Å²) in [7, 11) is 1.64. The summed E-state index contributed by atoms with van der Waals surface area (Å²) in [5, 5.41) is 5.80. The fraction of sp³-hybridized carbons (Fsp3) is 0.579. The molecular weight excluding hydrogens is 318 g/mol. The van der Waals surface area contributed by atoms with Crippen LogP contribution in [-0.4, -0.2) is 49.6 Å². The van der Waals surface area contributed by atoms with E-state index in [1.54, 1.807) is 7.11 Å². The highest BCUT2D eigenvalue weighted by Gasteiger charge is 2.23. The van der Waals surface area contributed by atoms with Gasteiger partial charge in [0.1, 0.15) is 5.75 Å². The third kappa shape index (κ3) is 6.29. The minimum atomic E-state index is -0.107. The Labute approximate surface area is 149 Å². The second kappa shape index (κ2) is 9.91. The molecule has 6 heteroatoms. The zero-order chi connectivity index (χ0) is 18.1. The van der Waals surface area contributed by atoms with Gasteiger partial charge in [0, 0.05) is 32.1 Å². The molecule has 1 aromatic carbocycles. The van der Waals surface area contributed by atoms with E-state index >= 15 is 0 Å². The number of urea groups is 1. The van der Waals surface area contributed by atoms with Crippen molar-refractivity contribution in [3.63, 3.8) is 0 Å². The van der Waals surface area contributed by atoms with Gasteiger partial charge in [0.2, 0.25) is 5.91 Å². The lowest BCUT2D eigenvalue weighted by Gasteiger charge is -2.32. The minimum absolute atomic E-state index is 0.107. The predicted molar refractivity (Wildman–Crippen MR) is 97.7 cm³/mol. The molecule has 2 N–H and O–H groups in total. The standard InChI is InChI=1S/C19H29N3O3/c1-3-11-20-19(24)21-16-9-12-22(13-10-16)18(23)8-7-15-5-4-6-17(14-15)25-2/h4-6,14,16H,3,7-13H2,1-2H3,(H2,20,21,24). The Morgan fingerprint density at radius 1 is 1.28 bits per heavy atom. The van der Waals surface area contributed by atoms with Crippen LogP contribution in [0.2, 0.25) is 0 Å². The van der Waals surface area contributed by atoms with Crippen LogP contribution in [0.25, 0.3) is 0 Å². The molecule has 6 nitrogen and oxygen atoms in total. The lowest BCUT2D eigenvalue weighted by atomic mass is 10.0. The van der Waals surface area contributed by atoms with Crippen molar-refractivity contribution >= 4 is 11.9 Å². The van der Waals surface area contributed by atoms with Crippen LogP contribution in [-0.2, 0) is 11.2 Å². The van der Waals surface area contributed by atoms with Crippen LogP contribution in [0.5, 0.6) is 5.75 Å². The van der Waals surface area contributed by atoms with Crippen LogP contribution in [0.1, 0.15) is 38.2 Å².